The van der Waals surface area contributed by atoms with Crippen LogP contribution in [0.2, 0.25) is 0 Å². The van der Waals surface area contributed by atoms with Crippen LogP contribution in [0.25, 0.3) is 0 Å². The number of halogens is 1. The van der Waals surface area contributed by atoms with Crippen LogP contribution in [0.4, 0.5) is 14.9 Å². The van der Waals surface area contributed by atoms with Gasteiger partial charge in [0.15, 0.2) is 9.92 Å². The molecule has 1 heterocycles. The quantitative estimate of drug-likeness (QED) is 0.810. The first-order valence-corrected chi connectivity index (χ1v) is 10.8. The molecule has 144 valence electrons. The molecule has 0 radical (unpaired) electrons. The Balaban J connectivity index is 1.50. The summed E-state index contributed by atoms with van der Waals surface area (Å²) in [5.41, 5.74) is 3.92. The van der Waals surface area contributed by atoms with Crippen molar-refractivity contribution in [2.75, 3.05) is 5.32 Å². The van der Waals surface area contributed by atoms with Gasteiger partial charge in [0.1, 0.15) is 5.82 Å². The maximum Gasteiger partial charge on any atom is 0.331 e. The highest BCUT2D eigenvalue weighted by molar-refractivity contribution is 7.93. The van der Waals surface area contributed by atoms with E-state index in [-0.39, 0.29) is 16.3 Å². The van der Waals surface area contributed by atoms with E-state index < -0.39 is 21.9 Å². The lowest BCUT2D eigenvalue weighted by Crippen LogP contribution is -2.34. The van der Waals surface area contributed by atoms with Crippen molar-refractivity contribution in [1.82, 2.24) is 4.72 Å². The first-order chi connectivity index (χ1) is 13.5. The van der Waals surface area contributed by atoms with Gasteiger partial charge >= 0.3 is 6.03 Å². The molecule has 0 saturated heterocycles. The summed E-state index contributed by atoms with van der Waals surface area (Å²) in [6.07, 6.45) is 4.43. The van der Waals surface area contributed by atoms with E-state index in [9.17, 15) is 18.2 Å². The van der Waals surface area contributed by atoms with Crippen molar-refractivity contribution in [3.63, 3.8) is 0 Å². The lowest BCUT2D eigenvalue weighted by atomic mass is 9.98. The van der Waals surface area contributed by atoms with Crippen LogP contribution in [-0.4, -0.2) is 16.1 Å². The van der Waals surface area contributed by atoms with Crippen molar-refractivity contribution in [3.05, 3.63) is 57.9 Å². The van der Waals surface area contributed by atoms with Crippen molar-refractivity contribution in [2.45, 2.75) is 43.4 Å². The molecule has 0 spiro atoms. The van der Waals surface area contributed by atoms with Crippen molar-refractivity contribution in [2.24, 2.45) is 4.36 Å². The molecule has 6 nitrogen and oxygen atoms in total. The molecule has 2 aromatic carbocycles. The van der Waals surface area contributed by atoms with Crippen molar-refractivity contribution in [3.8, 4) is 0 Å². The normalized spacial score (nSPS) is 21.7. The van der Waals surface area contributed by atoms with Crippen LogP contribution in [0.5, 0.6) is 0 Å². The van der Waals surface area contributed by atoms with Gasteiger partial charge < -0.3 is 5.32 Å². The highest BCUT2D eigenvalue weighted by Gasteiger charge is 2.32. The van der Waals surface area contributed by atoms with Gasteiger partial charge in [0.25, 0.3) is 5.91 Å². The molecule has 0 saturated carbocycles. The lowest BCUT2D eigenvalue weighted by molar-refractivity contribution is 0.101. The Kier molecular flexibility index (Phi) is 3.80. The number of amides is 3. The smallest absolute Gasteiger partial charge is 0.307 e. The van der Waals surface area contributed by atoms with Gasteiger partial charge in [-0.05, 0) is 72.9 Å². The predicted molar refractivity (Wildman–Crippen MR) is 102 cm³/mol. The third-order valence-corrected chi connectivity index (χ3v) is 7.50. The lowest BCUT2D eigenvalue weighted by Gasteiger charge is -2.18. The average Bonchev–Trinajstić information content (AvgIpc) is 3.38. The van der Waals surface area contributed by atoms with E-state index in [0.717, 1.165) is 24.0 Å². The molecule has 1 atom stereocenters. The Morgan fingerprint density at radius 1 is 1.00 bits per heavy atom. The van der Waals surface area contributed by atoms with Crippen molar-refractivity contribution >= 4 is 27.5 Å². The second-order valence-corrected chi connectivity index (χ2v) is 9.16. The van der Waals surface area contributed by atoms with Gasteiger partial charge in [-0.2, -0.15) is 0 Å². The molecule has 0 bridgehead atoms. The third-order valence-electron chi connectivity index (χ3n) is 5.67. The van der Waals surface area contributed by atoms with Gasteiger partial charge in [0.05, 0.1) is 10.5 Å². The van der Waals surface area contributed by atoms with E-state index in [2.05, 4.69) is 14.4 Å². The summed E-state index contributed by atoms with van der Waals surface area (Å²) in [5.74, 6) is -0.730. The molecule has 8 heteroatoms. The fourth-order valence-electron chi connectivity index (χ4n) is 4.48. The van der Waals surface area contributed by atoms with Gasteiger partial charge in [-0.3, -0.25) is 4.79 Å². The van der Waals surface area contributed by atoms with Crippen LogP contribution in [0.3, 0.4) is 0 Å². The van der Waals surface area contributed by atoms with E-state index in [0.29, 0.717) is 42.5 Å². The fraction of sp³-hybridized carbons (Fsp3) is 0.300. The number of hydrogen-bond donors (Lipinski definition) is 2. The summed E-state index contributed by atoms with van der Waals surface area (Å²) in [6.45, 7) is 0. The maximum atomic E-state index is 14.8. The Hall–Kier alpha value is -2.74. The number of benzene rings is 2. The highest BCUT2D eigenvalue weighted by Crippen LogP contribution is 2.41. The van der Waals surface area contributed by atoms with E-state index >= 15 is 0 Å². The molecule has 2 N–H and O–H groups in total. The molecular weight excluding hydrogens is 381 g/mol. The fourth-order valence-corrected chi connectivity index (χ4v) is 6.09. The molecule has 28 heavy (non-hydrogen) atoms. The molecule has 1 aliphatic heterocycles. The standard InChI is InChI=1S/C20H18FN3O3S/c21-17-11-6-3-8-13(11)18(14-9-4-7-12(14)17)22-20(26)24-28(27)16-10-2-1-5-15(16)19(25)23-28/h1-2,5,10H,3-4,6-9H2,(H2,22,23,24,25,26,27). The number of carbonyl (C=O) groups excluding carboxylic acids is 2. The molecule has 2 aliphatic carbocycles. The molecule has 2 aromatic rings. The number of nitrogens with zero attached hydrogens (tertiary/aromatic N) is 1. The van der Waals surface area contributed by atoms with Crippen LogP contribution < -0.4 is 10.0 Å². The Bertz CT molecular complexity index is 1150. The van der Waals surface area contributed by atoms with Crippen molar-refractivity contribution in [1.29, 1.82) is 0 Å². The van der Waals surface area contributed by atoms with E-state index in [1.165, 1.54) is 12.1 Å². The number of rotatable bonds is 2. The van der Waals surface area contributed by atoms with Crippen LogP contribution >= 0.6 is 0 Å². The number of carbonyl (C=O) groups is 2. The minimum absolute atomic E-state index is 0.123. The predicted octanol–water partition coefficient (Wildman–Crippen LogP) is 3.52. The molecular formula is C20H18FN3O3S. The topological polar surface area (TPSA) is 87.6 Å². The maximum absolute atomic E-state index is 14.8. The largest absolute Gasteiger partial charge is 0.331 e. The molecule has 5 rings (SSSR count). The van der Waals surface area contributed by atoms with Crippen LogP contribution in [0.1, 0.15) is 45.5 Å². The number of anilines is 1. The minimum atomic E-state index is -3.38. The summed E-state index contributed by atoms with van der Waals surface area (Å²) < 4.78 is 34.0. The first-order valence-electron chi connectivity index (χ1n) is 9.32. The number of hydrogen-bond acceptors (Lipinski definition) is 3. The van der Waals surface area contributed by atoms with Crippen LogP contribution in [0.15, 0.2) is 33.5 Å². The summed E-state index contributed by atoms with van der Waals surface area (Å²) in [7, 11) is -3.38. The monoisotopic (exact) mass is 399 g/mol. The molecule has 3 aliphatic rings. The summed E-state index contributed by atoms with van der Waals surface area (Å²) >= 11 is 0. The zero-order valence-corrected chi connectivity index (χ0v) is 15.8. The van der Waals surface area contributed by atoms with Gasteiger partial charge in [0.2, 0.25) is 0 Å². The Morgan fingerprint density at radius 2 is 1.61 bits per heavy atom. The number of urea groups is 1. The minimum Gasteiger partial charge on any atom is -0.307 e. The SMILES string of the molecule is O=C(Nc1c2c(c(F)c3c1CCC3)CCC2)NS1(=O)=NC(=O)c2ccccc21. The zero-order chi connectivity index (χ0) is 19.5. The highest BCUT2D eigenvalue weighted by atomic mass is 32.2. The number of fused-ring (bicyclic) bond motifs is 3. The van der Waals surface area contributed by atoms with E-state index in [4.69, 9.17) is 0 Å². The van der Waals surface area contributed by atoms with Gasteiger partial charge in [-0.1, -0.05) is 12.1 Å². The Morgan fingerprint density at radius 3 is 2.29 bits per heavy atom. The molecule has 0 aromatic heterocycles. The second kappa shape index (κ2) is 6.13. The van der Waals surface area contributed by atoms with E-state index in [1.54, 1.807) is 12.1 Å². The van der Waals surface area contributed by atoms with Crippen LogP contribution in [0, 0.1) is 5.82 Å². The van der Waals surface area contributed by atoms with Crippen LogP contribution in [-0.2, 0) is 35.6 Å². The van der Waals surface area contributed by atoms with Gasteiger partial charge in [-0.25, -0.2) is 18.1 Å². The van der Waals surface area contributed by atoms with Gasteiger partial charge in [0, 0.05) is 5.69 Å². The summed E-state index contributed by atoms with van der Waals surface area (Å²) in [4.78, 5) is 24.9. The third kappa shape index (κ3) is 2.47. The molecule has 1 unspecified atom stereocenters. The second-order valence-electron chi connectivity index (χ2n) is 7.28. The Labute approximate surface area is 161 Å². The first kappa shape index (κ1) is 17.4. The molecule has 3 amide bonds. The summed E-state index contributed by atoms with van der Waals surface area (Å²) in [6, 6.07) is 5.66. The van der Waals surface area contributed by atoms with Crippen molar-refractivity contribution < 1.29 is 18.2 Å². The molecule has 0 fully saturated rings. The van der Waals surface area contributed by atoms with Gasteiger partial charge in [-0.15, -0.1) is 4.36 Å². The zero-order valence-electron chi connectivity index (χ0n) is 15.0. The summed E-state index contributed by atoms with van der Waals surface area (Å²) in [5, 5.41) is 2.80. The number of nitrogens with one attached hydrogen (secondary N) is 2. The van der Waals surface area contributed by atoms with E-state index in [1.807, 2.05) is 0 Å². The average molecular weight is 399 g/mol.